The molecular weight excluding hydrogens is 282 g/mol. The molecule has 3 aromatic heterocycles. The fraction of sp³-hybridized carbons (Fsp3) is 0.400. The fourth-order valence-electron chi connectivity index (χ4n) is 2.49. The predicted octanol–water partition coefficient (Wildman–Crippen LogP) is 3.00. The van der Waals surface area contributed by atoms with Gasteiger partial charge in [-0.25, -0.2) is 4.68 Å². The molecule has 3 heterocycles. The molecule has 0 saturated heterocycles. The Morgan fingerprint density at radius 1 is 1.33 bits per heavy atom. The smallest absolute Gasteiger partial charge is 0.0809 e. The maximum Gasteiger partial charge on any atom is 0.0809 e. The van der Waals surface area contributed by atoms with Crippen LogP contribution >= 0.6 is 11.3 Å². The molecule has 6 heteroatoms. The molecule has 0 saturated carbocycles. The van der Waals surface area contributed by atoms with Crippen molar-refractivity contribution < 1.29 is 0 Å². The van der Waals surface area contributed by atoms with Gasteiger partial charge in [-0.3, -0.25) is 4.98 Å². The van der Waals surface area contributed by atoms with Crippen molar-refractivity contribution in [1.82, 2.24) is 25.3 Å². The van der Waals surface area contributed by atoms with Crippen LogP contribution in [0, 0.1) is 0 Å². The lowest BCUT2D eigenvalue weighted by Gasteiger charge is -2.18. The Labute approximate surface area is 128 Å². The van der Waals surface area contributed by atoms with E-state index in [0.29, 0.717) is 0 Å². The molecule has 0 bridgehead atoms. The molecule has 5 nitrogen and oxygen atoms in total. The first-order valence-corrected chi connectivity index (χ1v) is 8.16. The highest BCUT2D eigenvalue weighted by atomic mass is 32.1. The molecule has 0 aliphatic rings. The molecular formula is C15H19N5S. The van der Waals surface area contributed by atoms with Gasteiger partial charge in [0.2, 0.25) is 0 Å². The zero-order valence-corrected chi connectivity index (χ0v) is 13.1. The van der Waals surface area contributed by atoms with E-state index < -0.39 is 0 Å². The Bertz CT molecular complexity index is 718. The maximum atomic E-state index is 4.55. The summed E-state index contributed by atoms with van der Waals surface area (Å²) in [6.45, 7) is 6.02. The van der Waals surface area contributed by atoms with Crippen LogP contribution in [0.5, 0.6) is 0 Å². The number of aromatic nitrogens is 4. The van der Waals surface area contributed by atoms with Crippen molar-refractivity contribution in [2.75, 3.05) is 6.54 Å². The number of nitrogens with one attached hydrogen (secondary N) is 1. The Hall–Kier alpha value is -1.79. The summed E-state index contributed by atoms with van der Waals surface area (Å²) in [5.74, 6) is 0. The lowest BCUT2D eigenvalue weighted by Crippen LogP contribution is -2.25. The number of hydrogen-bond donors (Lipinski definition) is 1. The molecule has 0 spiro atoms. The van der Waals surface area contributed by atoms with Crippen molar-refractivity contribution in [3.05, 3.63) is 41.2 Å². The molecule has 3 aromatic rings. The van der Waals surface area contributed by atoms with Gasteiger partial charge >= 0.3 is 0 Å². The standard InChI is InChI=1S/C15H19N5S/c1-3-6-20-13(10-18-19-20)15(16-4-2)11-8-14-12(17-9-11)5-7-21-14/h5,7-10,15-16H,3-4,6H2,1-2H3. The van der Waals surface area contributed by atoms with Gasteiger partial charge in [0.1, 0.15) is 0 Å². The van der Waals surface area contributed by atoms with Gasteiger partial charge in [-0.05, 0) is 36.0 Å². The predicted molar refractivity (Wildman–Crippen MR) is 85.5 cm³/mol. The molecule has 1 atom stereocenters. The zero-order chi connectivity index (χ0) is 14.7. The van der Waals surface area contributed by atoms with Crippen LogP contribution in [0.25, 0.3) is 10.2 Å². The Morgan fingerprint density at radius 2 is 2.24 bits per heavy atom. The molecule has 0 radical (unpaired) electrons. The monoisotopic (exact) mass is 301 g/mol. The van der Waals surface area contributed by atoms with Crippen molar-refractivity contribution in [2.45, 2.75) is 32.9 Å². The van der Waals surface area contributed by atoms with Crippen LogP contribution in [0.2, 0.25) is 0 Å². The Morgan fingerprint density at radius 3 is 3.05 bits per heavy atom. The molecule has 21 heavy (non-hydrogen) atoms. The molecule has 0 aliphatic carbocycles. The third-order valence-corrected chi connectivity index (χ3v) is 4.30. The second kappa shape index (κ2) is 6.32. The average Bonchev–Trinajstić information content (AvgIpc) is 3.13. The summed E-state index contributed by atoms with van der Waals surface area (Å²) in [5.41, 5.74) is 3.31. The third kappa shape index (κ3) is 2.82. The first kappa shape index (κ1) is 14.2. The van der Waals surface area contributed by atoms with E-state index in [1.165, 1.54) is 4.70 Å². The largest absolute Gasteiger partial charge is 0.305 e. The van der Waals surface area contributed by atoms with Crippen molar-refractivity contribution in [3.63, 3.8) is 0 Å². The van der Waals surface area contributed by atoms with Crippen LogP contribution in [-0.2, 0) is 6.54 Å². The molecule has 0 amide bonds. The van der Waals surface area contributed by atoms with Gasteiger partial charge in [-0.1, -0.05) is 19.1 Å². The van der Waals surface area contributed by atoms with Gasteiger partial charge in [-0.2, -0.15) is 0 Å². The SMILES string of the molecule is CCCn1nncc1C(NCC)c1cnc2ccsc2c1. The maximum absolute atomic E-state index is 4.55. The van der Waals surface area contributed by atoms with E-state index >= 15 is 0 Å². The highest BCUT2D eigenvalue weighted by Crippen LogP contribution is 2.26. The Kier molecular flexibility index (Phi) is 4.26. The molecule has 1 N–H and O–H groups in total. The van der Waals surface area contributed by atoms with E-state index in [1.54, 1.807) is 11.3 Å². The number of pyridine rings is 1. The van der Waals surface area contributed by atoms with Crippen LogP contribution in [0.3, 0.4) is 0 Å². The highest BCUT2D eigenvalue weighted by molar-refractivity contribution is 7.17. The highest BCUT2D eigenvalue weighted by Gasteiger charge is 2.19. The summed E-state index contributed by atoms with van der Waals surface area (Å²) in [5, 5.41) is 13.9. The second-order valence-corrected chi connectivity index (χ2v) is 5.89. The van der Waals surface area contributed by atoms with Gasteiger partial charge in [0.05, 0.1) is 28.1 Å². The van der Waals surface area contributed by atoms with E-state index in [-0.39, 0.29) is 6.04 Å². The summed E-state index contributed by atoms with van der Waals surface area (Å²) >= 11 is 1.72. The second-order valence-electron chi connectivity index (χ2n) is 4.95. The van der Waals surface area contributed by atoms with E-state index in [2.05, 4.69) is 52.0 Å². The third-order valence-electron chi connectivity index (χ3n) is 3.44. The van der Waals surface area contributed by atoms with Crippen molar-refractivity contribution in [3.8, 4) is 0 Å². The number of fused-ring (bicyclic) bond motifs is 1. The van der Waals surface area contributed by atoms with E-state index in [4.69, 9.17) is 0 Å². The van der Waals surface area contributed by atoms with E-state index in [9.17, 15) is 0 Å². The van der Waals surface area contributed by atoms with E-state index in [1.807, 2.05) is 17.1 Å². The summed E-state index contributed by atoms with van der Waals surface area (Å²) in [4.78, 5) is 4.55. The average molecular weight is 301 g/mol. The fourth-order valence-corrected chi connectivity index (χ4v) is 3.28. The van der Waals surface area contributed by atoms with Gasteiger partial charge in [-0.15, -0.1) is 16.4 Å². The quantitative estimate of drug-likeness (QED) is 0.760. The minimum atomic E-state index is 0.0792. The summed E-state index contributed by atoms with van der Waals surface area (Å²) < 4.78 is 3.19. The number of aryl methyl sites for hydroxylation is 1. The summed E-state index contributed by atoms with van der Waals surface area (Å²) in [6.07, 6.45) is 4.84. The van der Waals surface area contributed by atoms with Crippen LogP contribution < -0.4 is 5.32 Å². The molecule has 110 valence electrons. The van der Waals surface area contributed by atoms with Gasteiger partial charge in [0.25, 0.3) is 0 Å². The summed E-state index contributed by atoms with van der Waals surface area (Å²) in [6, 6.07) is 4.34. The topological polar surface area (TPSA) is 55.6 Å². The van der Waals surface area contributed by atoms with Gasteiger partial charge < -0.3 is 5.32 Å². The zero-order valence-electron chi connectivity index (χ0n) is 12.3. The molecule has 1 unspecified atom stereocenters. The molecule has 0 aliphatic heterocycles. The minimum Gasteiger partial charge on any atom is -0.305 e. The number of thiophene rings is 1. The first-order valence-electron chi connectivity index (χ1n) is 7.28. The number of rotatable bonds is 6. The first-order chi connectivity index (χ1) is 10.3. The molecule has 3 rings (SSSR count). The number of hydrogen-bond acceptors (Lipinski definition) is 5. The van der Waals surface area contributed by atoms with Crippen LogP contribution in [0.1, 0.15) is 37.6 Å². The van der Waals surface area contributed by atoms with Gasteiger partial charge in [0.15, 0.2) is 0 Å². The Balaban J connectivity index is 2.01. The van der Waals surface area contributed by atoms with Crippen LogP contribution in [-0.4, -0.2) is 26.5 Å². The van der Waals surface area contributed by atoms with Gasteiger partial charge in [0, 0.05) is 12.7 Å². The lowest BCUT2D eigenvalue weighted by atomic mass is 10.1. The number of nitrogens with zero attached hydrogens (tertiary/aromatic N) is 4. The van der Waals surface area contributed by atoms with Crippen LogP contribution in [0.4, 0.5) is 0 Å². The molecule has 0 fully saturated rings. The minimum absolute atomic E-state index is 0.0792. The lowest BCUT2D eigenvalue weighted by molar-refractivity contribution is 0.511. The van der Waals surface area contributed by atoms with Crippen molar-refractivity contribution in [1.29, 1.82) is 0 Å². The normalized spacial score (nSPS) is 12.9. The van der Waals surface area contributed by atoms with Crippen LogP contribution in [0.15, 0.2) is 29.9 Å². The molecule has 0 aromatic carbocycles. The van der Waals surface area contributed by atoms with E-state index in [0.717, 1.165) is 36.3 Å². The van der Waals surface area contributed by atoms with Crippen molar-refractivity contribution in [2.24, 2.45) is 0 Å². The summed E-state index contributed by atoms with van der Waals surface area (Å²) in [7, 11) is 0. The van der Waals surface area contributed by atoms with Crippen molar-refractivity contribution >= 4 is 21.6 Å².